The van der Waals surface area contributed by atoms with Gasteiger partial charge in [0.1, 0.15) is 5.82 Å². The SMILES string of the molecule is COCCn1c(C2CCN(C(=O)Nc3ccc(Cl)cc3C)C2)nc2ccncc21. The monoisotopic (exact) mass is 413 g/mol. The molecule has 0 saturated carbocycles. The number of nitrogens with zero attached hydrogens (tertiary/aromatic N) is 4. The summed E-state index contributed by atoms with van der Waals surface area (Å²) in [6.45, 7) is 4.55. The highest BCUT2D eigenvalue weighted by atomic mass is 35.5. The Bertz CT molecular complexity index is 1040. The molecule has 1 fully saturated rings. The molecule has 2 amide bonds. The number of amides is 2. The molecule has 0 aliphatic carbocycles. The summed E-state index contributed by atoms with van der Waals surface area (Å²) in [5, 5.41) is 3.66. The number of hydrogen-bond donors (Lipinski definition) is 1. The Balaban J connectivity index is 1.51. The zero-order valence-corrected chi connectivity index (χ0v) is 17.3. The molecule has 7 nitrogen and oxygen atoms in total. The summed E-state index contributed by atoms with van der Waals surface area (Å²) in [5.74, 6) is 1.17. The van der Waals surface area contributed by atoms with E-state index in [-0.39, 0.29) is 11.9 Å². The first-order chi connectivity index (χ1) is 14.1. The van der Waals surface area contributed by atoms with E-state index in [1.54, 1.807) is 19.4 Å². The van der Waals surface area contributed by atoms with Gasteiger partial charge in [-0.05, 0) is 43.2 Å². The highest BCUT2D eigenvalue weighted by Gasteiger charge is 2.31. The smallest absolute Gasteiger partial charge is 0.321 e. The van der Waals surface area contributed by atoms with Gasteiger partial charge in [0, 0.05) is 49.6 Å². The van der Waals surface area contributed by atoms with Crippen molar-refractivity contribution in [3.63, 3.8) is 0 Å². The van der Waals surface area contributed by atoms with E-state index >= 15 is 0 Å². The molecule has 152 valence electrons. The highest BCUT2D eigenvalue weighted by molar-refractivity contribution is 6.30. The fourth-order valence-electron chi connectivity index (χ4n) is 3.83. The quantitative estimate of drug-likeness (QED) is 0.684. The number of likely N-dealkylation sites (tertiary alicyclic amines) is 1. The first-order valence-corrected chi connectivity index (χ1v) is 10.1. The molecule has 1 atom stereocenters. The molecule has 3 aromatic rings. The molecule has 29 heavy (non-hydrogen) atoms. The lowest BCUT2D eigenvalue weighted by Crippen LogP contribution is -2.33. The van der Waals surface area contributed by atoms with Gasteiger partial charge in [0.15, 0.2) is 0 Å². The number of fused-ring (bicyclic) bond motifs is 1. The van der Waals surface area contributed by atoms with Gasteiger partial charge in [-0.25, -0.2) is 9.78 Å². The second-order valence-corrected chi connectivity index (χ2v) is 7.74. The zero-order valence-electron chi connectivity index (χ0n) is 16.6. The number of imidazole rings is 1. The molecule has 1 N–H and O–H groups in total. The van der Waals surface area contributed by atoms with Crippen LogP contribution in [0.25, 0.3) is 11.0 Å². The Hall–Kier alpha value is -2.64. The number of aryl methyl sites for hydroxylation is 1. The molecule has 8 heteroatoms. The number of pyridine rings is 1. The molecule has 0 bridgehead atoms. The van der Waals surface area contributed by atoms with Crippen LogP contribution in [0.5, 0.6) is 0 Å². The van der Waals surface area contributed by atoms with Crippen molar-refractivity contribution in [3.05, 3.63) is 53.1 Å². The number of halogens is 1. The molecule has 1 aliphatic heterocycles. The topological polar surface area (TPSA) is 72.3 Å². The number of aromatic nitrogens is 3. The first-order valence-electron chi connectivity index (χ1n) is 9.68. The van der Waals surface area contributed by atoms with Gasteiger partial charge < -0.3 is 19.5 Å². The van der Waals surface area contributed by atoms with Crippen molar-refractivity contribution in [1.82, 2.24) is 19.4 Å². The predicted molar refractivity (Wildman–Crippen MR) is 114 cm³/mol. The van der Waals surface area contributed by atoms with Gasteiger partial charge >= 0.3 is 6.03 Å². The summed E-state index contributed by atoms with van der Waals surface area (Å²) in [6.07, 6.45) is 4.46. The number of rotatable bonds is 5. The maximum absolute atomic E-state index is 12.8. The summed E-state index contributed by atoms with van der Waals surface area (Å²) in [7, 11) is 1.69. The summed E-state index contributed by atoms with van der Waals surface area (Å²) in [4.78, 5) is 23.7. The van der Waals surface area contributed by atoms with Crippen molar-refractivity contribution in [3.8, 4) is 0 Å². The lowest BCUT2D eigenvalue weighted by molar-refractivity contribution is 0.187. The molecule has 1 aliphatic rings. The Morgan fingerprint density at radius 2 is 2.24 bits per heavy atom. The van der Waals surface area contributed by atoms with Crippen LogP contribution in [-0.2, 0) is 11.3 Å². The molecule has 1 aromatic carbocycles. The fraction of sp³-hybridized carbons (Fsp3) is 0.381. The second-order valence-electron chi connectivity index (χ2n) is 7.30. The van der Waals surface area contributed by atoms with Crippen LogP contribution in [0.2, 0.25) is 5.02 Å². The molecule has 1 saturated heterocycles. The van der Waals surface area contributed by atoms with E-state index in [1.165, 1.54) is 0 Å². The van der Waals surface area contributed by atoms with Crippen LogP contribution < -0.4 is 5.32 Å². The van der Waals surface area contributed by atoms with E-state index in [2.05, 4.69) is 14.9 Å². The lowest BCUT2D eigenvalue weighted by Gasteiger charge is -2.19. The number of nitrogens with one attached hydrogen (secondary N) is 1. The Kier molecular flexibility index (Phi) is 5.69. The maximum Gasteiger partial charge on any atom is 0.321 e. The molecule has 1 unspecified atom stereocenters. The number of carbonyl (C=O) groups is 1. The van der Waals surface area contributed by atoms with Crippen LogP contribution in [-0.4, -0.2) is 52.3 Å². The third kappa shape index (κ3) is 4.06. The minimum Gasteiger partial charge on any atom is -0.383 e. The van der Waals surface area contributed by atoms with Gasteiger partial charge in [-0.3, -0.25) is 4.98 Å². The fourth-order valence-corrected chi connectivity index (χ4v) is 4.06. The first kappa shape index (κ1) is 19.7. The van der Waals surface area contributed by atoms with Crippen molar-refractivity contribution in [1.29, 1.82) is 0 Å². The average molecular weight is 414 g/mol. The standard InChI is InChI=1S/C21H24ClN5O2/c1-14-11-16(22)3-4-17(14)25-21(28)26-8-6-15(13-26)20-24-18-5-7-23-12-19(18)27(20)9-10-29-2/h3-5,7,11-12,15H,6,8-10,13H2,1-2H3,(H,25,28). The highest BCUT2D eigenvalue weighted by Crippen LogP contribution is 2.30. The van der Waals surface area contributed by atoms with Gasteiger partial charge in [-0.15, -0.1) is 0 Å². The lowest BCUT2D eigenvalue weighted by atomic mass is 10.1. The number of anilines is 1. The van der Waals surface area contributed by atoms with Crippen LogP contribution in [0.1, 0.15) is 23.7 Å². The van der Waals surface area contributed by atoms with Gasteiger partial charge in [-0.2, -0.15) is 0 Å². The summed E-state index contributed by atoms with van der Waals surface area (Å²) < 4.78 is 7.44. The van der Waals surface area contributed by atoms with E-state index in [4.69, 9.17) is 21.3 Å². The third-order valence-electron chi connectivity index (χ3n) is 5.37. The molecule has 0 spiro atoms. The predicted octanol–water partition coefficient (Wildman–Crippen LogP) is 4.06. The number of benzene rings is 1. The third-order valence-corrected chi connectivity index (χ3v) is 5.60. The number of ether oxygens (including phenoxy) is 1. The summed E-state index contributed by atoms with van der Waals surface area (Å²) >= 11 is 6.01. The van der Waals surface area contributed by atoms with E-state index < -0.39 is 0 Å². The average Bonchev–Trinajstić information content (AvgIpc) is 3.33. The minimum atomic E-state index is -0.0980. The van der Waals surface area contributed by atoms with E-state index in [9.17, 15) is 4.79 Å². The van der Waals surface area contributed by atoms with Gasteiger partial charge in [0.05, 0.1) is 23.8 Å². The van der Waals surface area contributed by atoms with Crippen LogP contribution >= 0.6 is 11.6 Å². The van der Waals surface area contributed by atoms with Crippen LogP contribution in [0.3, 0.4) is 0 Å². The van der Waals surface area contributed by atoms with Gasteiger partial charge in [-0.1, -0.05) is 11.6 Å². The molecule has 3 heterocycles. The number of methoxy groups -OCH3 is 1. The van der Waals surface area contributed by atoms with Crippen molar-refractivity contribution in [2.45, 2.75) is 25.8 Å². The molecular weight excluding hydrogens is 390 g/mol. The van der Waals surface area contributed by atoms with E-state index in [0.717, 1.165) is 34.5 Å². The number of carbonyl (C=O) groups excluding carboxylic acids is 1. The maximum atomic E-state index is 12.8. The van der Waals surface area contributed by atoms with Crippen molar-refractivity contribution in [2.75, 3.05) is 32.1 Å². The largest absolute Gasteiger partial charge is 0.383 e. The van der Waals surface area contributed by atoms with Gasteiger partial charge in [0.25, 0.3) is 0 Å². The Labute approximate surface area is 174 Å². The number of hydrogen-bond acceptors (Lipinski definition) is 4. The Morgan fingerprint density at radius 1 is 1.38 bits per heavy atom. The normalized spacial score (nSPS) is 16.5. The molecule has 0 radical (unpaired) electrons. The van der Waals surface area contributed by atoms with Crippen LogP contribution in [0, 0.1) is 6.92 Å². The van der Waals surface area contributed by atoms with Crippen LogP contribution in [0.15, 0.2) is 36.7 Å². The number of urea groups is 1. The van der Waals surface area contributed by atoms with E-state index in [0.29, 0.717) is 31.3 Å². The summed E-state index contributed by atoms with van der Waals surface area (Å²) in [5.41, 5.74) is 3.64. The molecule has 2 aromatic heterocycles. The van der Waals surface area contributed by atoms with E-state index in [1.807, 2.05) is 36.2 Å². The van der Waals surface area contributed by atoms with Crippen molar-refractivity contribution >= 4 is 34.4 Å². The minimum absolute atomic E-state index is 0.0980. The molecular formula is C21H24ClN5O2. The van der Waals surface area contributed by atoms with Crippen LogP contribution in [0.4, 0.5) is 10.5 Å². The molecule has 4 rings (SSSR count). The zero-order chi connectivity index (χ0) is 20.4. The Morgan fingerprint density at radius 3 is 3.03 bits per heavy atom. The summed E-state index contributed by atoms with van der Waals surface area (Å²) in [6, 6.07) is 7.28. The second kappa shape index (κ2) is 8.39. The van der Waals surface area contributed by atoms with Gasteiger partial charge in [0.2, 0.25) is 0 Å². The van der Waals surface area contributed by atoms with Crippen molar-refractivity contribution < 1.29 is 9.53 Å². The van der Waals surface area contributed by atoms with Crippen molar-refractivity contribution in [2.24, 2.45) is 0 Å².